The maximum Gasteiger partial charge on any atom is 0.261 e. The SMILES string of the molecule is N/N=C(\NN)c1cccn(CC2CNCCOC2)c1=O. The van der Waals surface area contributed by atoms with Crippen LogP contribution >= 0.6 is 0 Å². The van der Waals surface area contributed by atoms with Crippen LogP contribution in [0.5, 0.6) is 0 Å². The molecule has 0 aliphatic carbocycles. The average Bonchev–Trinajstić information content (AvgIpc) is 2.73. The molecular formula is C12H20N6O2. The van der Waals surface area contributed by atoms with E-state index in [1.54, 1.807) is 22.9 Å². The summed E-state index contributed by atoms with van der Waals surface area (Å²) in [6.07, 6.45) is 1.74. The number of hydrazine groups is 1. The van der Waals surface area contributed by atoms with Crippen molar-refractivity contribution >= 4 is 5.84 Å². The highest BCUT2D eigenvalue weighted by atomic mass is 16.5. The lowest BCUT2D eigenvalue weighted by Crippen LogP contribution is -2.39. The van der Waals surface area contributed by atoms with Gasteiger partial charge in [-0.05, 0) is 12.1 Å². The monoisotopic (exact) mass is 280 g/mol. The van der Waals surface area contributed by atoms with Crippen molar-refractivity contribution in [3.05, 3.63) is 34.2 Å². The predicted octanol–water partition coefficient (Wildman–Crippen LogP) is -1.83. The van der Waals surface area contributed by atoms with Crippen LogP contribution < -0.4 is 28.0 Å². The molecule has 110 valence electrons. The van der Waals surface area contributed by atoms with Gasteiger partial charge >= 0.3 is 0 Å². The summed E-state index contributed by atoms with van der Waals surface area (Å²) in [6, 6.07) is 3.40. The molecule has 1 unspecified atom stereocenters. The molecule has 0 radical (unpaired) electrons. The second-order valence-corrected chi connectivity index (χ2v) is 4.65. The van der Waals surface area contributed by atoms with E-state index < -0.39 is 0 Å². The predicted molar refractivity (Wildman–Crippen MR) is 75.9 cm³/mol. The molecule has 0 spiro atoms. The molecule has 1 atom stereocenters. The van der Waals surface area contributed by atoms with Crippen LogP contribution in [0.1, 0.15) is 5.56 Å². The van der Waals surface area contributed by atoms with Crippen LogP contribution in [0.2, 0.25) is 0 Å². The first-order chi connectivity index (χ1) is 9.76. The highest BCUT2D eigenvalue weighted by Gasteiger charge is 2.15. The number of amidine groups is 1. The molecule has 2 rings (SSSR count). The molecular weight excluding hydrogens is 260 g/mol. The fourth-order valence-electron chi connectivity index (χ4n) is 2.20. The van der Waals surface area contributed by atoms with Gasteiger partial charge in [0.1, 0.15) is 0 Å². The van der Waals surface area contributed by atoms with E-state index >= 15 is 0 Å². The van der Waals surface area contributed by atoms with Crippen LogP contribution in [-0.4, -0.2) is 36.7 Å². The molecule has 0 amide bonds. The smallest absolute Gasteiger partial charge is 0.261 e. The van der Waals surface area contributed by atoms with Gasteiger partial charge in [0.15, 0.2) is 5.84 Å². The van der Waals surface area contributed by atoms with Crippen LogP contribution in [0.4, 0.5) is 0 Å². The Hall–Kier alpha value is -1.90. The van der Waals surface area contributed by atoms with E-state index in [-0.39, 0.29) is 17.3 Å². The van der Waals surface area contributed by atoms with E-state index in [1.165, 1.54) is 0 Å². The highest BCUT2D eigenvalue weighted by Crippen LogP contribution is 2.03. The number of hydrogen-bond acceptors (Lipinski definition) is 6. The van der Waals surface area contributed by atoms with Gasteiger partial charge in [0, 0.05) is 31.7 Å². The molecule has 8 nitrogen and oxygen atoms in total. The van der Waals surface area contributed by atoms with E-state index in [0.717, 1.165) is 13.1 Å². The number of hydrazone groups is 1. The van der Waals surface area contributed by atoms with Crippen molar-refractivity contribution in [1.82, 2.24) is 15.3 Å². The number of nitrogens with two attached hydrogens (primary N) is 2. The van der Waals surface area contributed by atoms with Gasteiger partial charge < -0.3 is 25.9 Å². The zero-order valence-corrected chi connectivity index (χ0v) is 11.2. The van der Waals surface area contributed by atoms with Crippen LogP contribution in [0.3, 0.4) is 0 Å². The average molecular weight is 280 g/mol. The Morgan fingerprint density at radius 2 is 2.50 bits per heavy atom. The van der Waals surface area contributed by atoms with E-state index in [9.17, 15) is 4.79 Å². The van der Waals surface area contributed by atoms with Crippen molar-refractivity contribution in [2.75, 3.05) is 26.3 Å². The van der Waals surface area contributed by atoms with Gasteiger partial charge in [-0.25, -0.2) is 5.84 Å². The van der Waals surface area contributed by atoms with Crippen molar-refractivity contribution in [1.29, 1.82) is 0 Å². The summed E-state index contributed by atoms with van der Waals surface area (Å²) >= 11 is 0. The first-order valence-corrected chi connectivity index (χ1v) is 6.49. The number of hydrogen-bond donors (Lipinski definition) is 4. The summed E-state index contributed by atoms with van der Waals surface area (Å²) in [5.41, 5.74) is 2.49. The van der Waals surface area contributed by atoms with Crippen LogP contribution in [0.15, 0.2) is 28.2 Å². The summed E-state index contributed by atoms with van der Waals surface area (Å²) in [7, 11) is 0. The second kappa shape index (κ2) is 7.04. The molecule has 6 N–H and O–H groups in total. The molecule has 1 aliphatic rings. The summed E-state index contributed by atoms with van der Waals surface area (Å²) in [5, 5.41) is 6.75. The standard InChI is InChI=1S/C12H20N6O2/c13-16-11(17-14)10-2-1-4-18(12(10)19)7-9-6-15-3-5-20-8-9/h1-2,4,9,15H,3,5-8,13-14H2,(H,16,17). The zero-order valence-electron chi connectivity index (χ0n) is 11.2. The lowest BCUT2D eigenvalue weighted by atomic mass is 10.1. The number of aromatic nitrogens is 1. The minimum atomic E-state index is -0.182. The minimum Gasteiger partial charge on any atom is -0.380 e. The van der Waals surface area contributed by atoms with Crippen LogP contribution in [0.25, 0.3) is 0 Å². The third kappa shape index (κ3) is 3.35. The molecule has 0 aromatic carbocycles. The fourth-order valence-corrected chi connectivity index (χ4v) is 2.20. The second-order valence-electron chi connectivity index (χ2n) is 4.65. The Balaban J connectivity index is 2.20. The first kappa shape index (κ1) is 14.5. The van der Waals surface area contributed by atoms with E-state index in [0.29, 0.717) is 25.3 Å². The Bertz CT molecular complexity index is 519. The van der Waals surface area contributed by atoms with Gasteiger partial charge in [-0.2, -0.15) is 5.10 Å². The normalized spacial score (nSPS) is 20.4. The topological polar surface area (TPSA) is 120 Å². The van der Waals surface area contributed by atoms with Crippen molar-refractivity contribution in [3.63, 3.8) is 0 Å². The van der Waals surface area contributed by atoms with E-state index in [2.05, 4.69) is 15.8 Å². The maximum absolute atomic E-state index is 12.4. The Morgan fingerprint density at radius 1 is 1.65 bits per heavy atom. The van der Waals surface area contributed by atoms with E-state index in [1.807, 2.05) is 0 Å². The lowest BCUT2D eigenvalue weighted by molar-refractivity contribution is 0.117. The molecule has 1 aliphatic heterocycles. The minimum absolute atomic E-state index is 0.166. The quantitative estimate of drug-likeness (QED) is 0.224. The summed E-state index contributed by atoms with van der Waals surface area (Å²) in [6.45, 7) is 3.57. The van der Waals surface area contributed by atoms with Gasteiger partial charge in [-0.15, -0.1) is 0 Å². The van der Waals surface area contributed by atoms with Crippen molar-refractivity contribution in [3.8, 4) is 0 Å². The first-order valence-electron chi connectivity index (χ1n) is 6.49. The van der Waals surface area contributed by atoms with Crippen molar-refractivity contribution < 1.29 is 4.74 Å². The Labute approximate surface area is 116 Å². The van der Waals surface area contributed by atoms with Crippen LogP contribution in [-0.2, 0) is 11.3 Å². The molecule has 1 aromatic rings. The van der Waals surface area contributed by atoms with Crippen molar-refractivity contribution in [2.45, 2.75) is 6.54 Å². The number of ether oxygens (including phenoxy) is 1. The number of rotatable bonds is 3. The molecule has 0 bridgehead atoms. The number of pyridine rings is 1. The van der Waals surface area contributed by atoms with E-state index in [4.69, 9.17) is 16.4 Å². The van der Waals surface area contributed by atoms with Crippen LogP contribution in [0, 0.1) is 5.92 Å². The van der Waals surface area contributed by atoms with Gasteiger partial charge in [0.2, 0.25) is 0 Å². The molecule has 1 fully saturated rings. The summed E-state index contributed by atoms with van der Waals surface area (Å²) in [4.78, 5) is 12.4. The number of nitrogens with one attached hydrogen (secondary N) is 2. The molecule has 2 heterocycles. The molecule has 1 aromatic heterocycles. The highest BCUT2D eigenvalue weighted by molar-refractivity contribution is 5.97. The van der Waals surface area contributed by atoms with Gasteiger partial charge in [-0.3, -0.25) is 4.79 Å². The van der Waals surface area contributed by atoms with Gasteiger partial charge in [0.05, 0.1) is 18.8 Å². The summed E-state index contributed by atoms with van der Waals surface area (Å²) in [5.74, 6) is 10.9. The maximum atomic E-state index is 12.4. The summed E-state index contributed by atoms with van der Waals surface area (Å²) < 4.78 is 7.11. The lowest BCUT2D eigenvalue weighted by Gasteiger charge is -2.16. The fraction of sp³-hybridized carbons (Fsp3) is 0.500. The Morgan fingerprint density at radius 3 is 3.25 bits per heavy atom. The number of nitrogens with zero attached hydrogens (tertiary/aromatic N) is 2. The van der Waals surface area contributed by atoms with Crippen molar-refractivity contribution in [2.24, 2.45) is 22.7 Å². The molecule has 1 saturated heterocycles. The van der Waals surface area contributed by atoms with Gasteiger partial charge in [-0.1, -0.05) is 0 Å². The van der Waals surface area contributed by atoms with Gasteiger partial charge in [0.25, 0.3) is 5.56 Å². The Kier molecular flexibility index (Phi) is 5.10. The molecule has 0 saturated carbocycles. The zero-order chi connectivity index (χ0) is 14.4. The third-order valence-electron chi connectivity index (χ3n) is 3.21. The third-order valence-corrected chi connectivity index (χ3v) is 3.21. The molecule has 20 heavy (non-hydrogen) atoms. The molecule has 8 heteroatoms. The largest absolute Gasteiger partial charge is 0.380 e.